The fraction of sp³-hybridized carbons (Fsp3) is 0.375. The molecule has 2 heterocycles. The highest BCUT2D eigenvalue weighted by Gasteiger charge is 2.55. The number of rotatable bonds is 3. The van der Waals surface area contributed by atoms with E-state index in [1.807, 2.05) is 0 Å². The Morgan fingerprint density at radius 2 is 1.92 bits per heavy atom. The largest absolute Gasteiger partial charge is 0.456 e. The zero-order valence-electron chi connectivity index (χ0n) is 13.9. The second-order valence-corrected chi connectivity index (χ2v) is 8.04. The number of Topliss-reactive ketones (excluding diaryl/α,β-unsaturated/α-hetero) is 1. The van der Waals surface area contributed by atoms with Crippen molar-refractivity contribution < 1.29 is 36.3 Å². The Bertz CT molecular complexity index is 922. The molecule has 1 aromatic carbocycles. The Kier molecular flexibility index (Phi) is 4.26. The van der Waals surface area contributed by atoms with Crippen molar-refractivity contribution in [3.05, 3.63) is 47.0 Å². The molecule has 2 aliphatic heterocycles. The van der Waals surface area contributed by atoms with E-state index in [-0.39, 0.29) is 18.7 Å². The normalized spacial score (nSPS) is 24.8. The second-order valence-electron chi connectivity index (χ2n) is 6.03. The molecule has 0 N–H and O–H groups in total. The first-order chi connectivity index (χ1) is 12.1. The molecule has 0 aromatic heterocycles. The van der Waals surface area contributed by atoms with Crippen molar-refractivity contribution in [1.82, 2.24) is 4.31 Å². The molecular weight excluding hydrogens is 372 g/mol. The van der Waals surface area contributed by atoms with Gasteiger partial charge in [-0.1, -0.05) is 6.07 Å². The van der Waals surface area contributed by atoms with Gasteiger partial charge in [-0.25, -0.2) is 21.5 Å². The summed E-state index contributed by atoms with van der Waals surface area (Å²) in [7, 11) is -3.80. The summed E-state index contributed by atoms with van der Waals surface area (Å²) in [4.78, 5) is 24.2. The number of hydrogen-bond acceptors (Lipinski definition) is 6. The minimum atomic E-state index is -3.80. The average molecular weight is 387 g/mol. The molecule has 140 valence electrons. The number of halogens is 2. The molecule has 7 nitrogen and oxygen atoms in total. The van der Waals surface area contributed by atoms with Crippen molar-refractivity contribution in [2.75, 3.05) is 12.3 Å². The highest BCUT2D eigenvalue weighted by Crippen LogP contribution is 2.43. The van der Waals surface area contributed by atoms with E-state index in [1.165, 1.54) is 0 Å². The van der Waals surface area contributed by atoms with Crippen molar-refractivity contribution >= 4 is 21.8 Å². The van der Waals surface area contributed by atoms with Gasteiger partial charge in [-0.15, -0.1) is 0 Å². The van der Waals surface area contributed by atoms with E-state index in [1.54, 1.807) is 0 Å². The lowest BCUT2D eigenvalue weighted by Gasteiger charge is -2.26. The molecule has 26 heavy (non-hydrogen) atoms. The molecular formula is C16H15F2NO6S. The zero-order valence-corrected chi connectivity index (χ0v) is 14.7. The summed E-state index contributed by atoms with van der Waals surface area (Å²) >= 11 is 0. The lowest BCUT2D eigenvalue weighted by molar-refractivity contribution is -0.142. The summed E-state index contributed by atoms with van der Waals surface area (Å²) in [6.07, 6.45) is 0.265. The monoisotopic (exact) mass is 387 g/mol. The third-order valence-electron chi connectivity index (χ3n) is 4.15. The first-order valence-electron chi connectivity index (χ1n) is 7.69. The SMILES string of the molecule is CC(=O)OC1=C(N2CCCS2(=O)=O)OC(C)(c2c(F)cccc2F)C1=O. The van der Waals surface area contributed by atoms with Gasteiger partial charge in [0, 0.05) is 13.5 Å². The summed E-state index contributed by atoms with van der Waals surface area (Å²) in [6, 6.07) is 3.00. The first-order valence-corrected chi connectivity index (χ1v) is 9.30. The summed E-state index contributed by atoms with van der Waals surface area (Å²) in [6.45, 7) is 2.09. The molecule has 1 unspecified atom stereocenters. The third-order valence-corrected chi connectivity index (χ3v) is 5.97. The van der Waals surface area contributed by atoms with Crippen LogP contribution in [0.5, 0.6) is 0 Å². The molecule has 0 aliphatic carbocycles. The van der Waals surface area contributed by atoms with Crippen LogP contribution in [0.1, 0.15) is 25.8 Å². The van der Waals surface area contributed by atoms with Crippen LogP contribution in [0.25, 0.3) is 0 Å². The molecule has 1 atom stereocenters. The van der Waals surface area contributed by atoms with E-state index in [2.05, 4.69) is 0 Å². The number of ketones is 1. The van der Waals surface area contributed by atoms with E-state index in [9.17, 15) is 26.8 Å². The predicted octanol–water partition coefficient (Wildman–Crippen LogP) is 1.55. The molecule has 10 heteroatoms. The van der Waals surface area contributed by atoms with Crippen LogP contribution >= 0.6 is 0 Å². The second kappa shape index (κ2) is 6.04. The third kappa shape index (κ3) is 2.74. The molecule has 1 aromatic rings. The molecule has 0 radical (unpaired) electrons. The van der Waals surface area contributed by atoms with Crippen LogP contribution in [-0.2, 0) is 34.7 Å². The molecule has 2 aliphatic rings. The number of nitrogens with zero attached hydrogens (tertiary/aromatic N) is 1. The van der Waals surface area contributed by atoms with Gasteiger partial charge in [-0.2, -0.15) is 0 Å². The molecule has 0 saturated carbocycles. The average Bonchev–Trinajstić information content (AvgIpc) is 2.99. The van der Waals surface area contributed by atoms with Gasteiger partial charge in [-0.3, -0.25) is 9.59 Å². The van der Waals surface area contributed by atoms with Gasteiger partial charge < -0.3 is 9.47 Å². The van der Waals surface area contributed by atoms with Crippen molar-refractivity contribution in [2.45, 2.75) is 25.9 Å². The quantitative estimate of drug-likeness (QED) is 0.731. The maximum absolute atomic E-state index is 14.2. The summed E-state index contributed by atoms with van der Waals surface area (Å²) < 4.78 is 63.9. The molecule has 3 rings (SSSR count). The van der Waals surface area contributed by atoms with Crippen molar-refractivity contribution in [1.29, 1.82) is 0 Å². The number of benzene rings is 1. The number of hydrogen-bond donors (Lipinski definition) is 0. The molecule has 0 bridgehead atoms. The van der Waals surface area contributed by atoms with Gasteiger partial charge in [0.05, 0.1) is 11.3 Å². The fourth-order valence-electron chi connectivity index (χ4n) is 2.98. The van der Waals surface area contributed by atoms with Crippen LogP contribution in [-0.4, -0.2) is 36.8 Å². The topological polar surface area (TPSA) is 90.0 Å². The van der Waals surface area contributed by atoms with E-state index in [0.29, 0.717) is 0 Å². The molecule has 1 fully saturated rings. The van der Waals surface area contributed by atoms with Crippen LogP contribution in [0, 0.1) is 11.6 Å². The lowest BCUT2D eigenvalue weighted by Crippen LogP contribution is -2.35. The van der Waals surface area contributed by atoms with E-state index < -0.39 is 56.2 Å². The van der Waals surface area contributed by atoms with Gasteiger partial charge in [0.15, 0.2) is 0 Å². The summed E-state index contributed by atoms with van der Waals surface area (Å²) in [5.74, 6) is -5.45. The highest BCUT2D eigenvalue weighted by molar-refractivity contribution is 7.89. The van der Waals surface area contributed by atoms with Crippen LogP contribution in [0.3, 0.4) is 0 Å². The Morgan fingerprint density at radius 1 is 1.31 bits per heavy atom. The minimum absolute atomic E-state index is 0.00839. The maximum Gasteiger partial charge on any atom is 0.308 e. The van der Waals surface area contributed by atoms with Crippen LogP contribution in [0.2, 0.25) is 0 Å². The van der Waals surface area contributed by atoms with Crippen LogP contribution in [0.4, 0.5) is 8.78 Å². The first kappa shape index (κ1) is 18.3. The van der Waals surface area contributed by atoms with E-state index in [4.69, 9.17) is 9.47 Å². The molecule has 0 spiro atoms. The summed E-state index contributed by atoms with van der Waals surface area (Å²) in [5, 5.41) is 0. The van der Waals surface area contributed by atoms with Gasteiger partial charge >= 0.3 is 5.97 Å². The van der Waals surface area contributed by atoms with Crippen LogP contribution in [0.15, 0.2) is 29.8 Å². The smallest absolute Gasteiger partial charge is 0.308 e. The van der Waals surface area contributed by atoms with Crippen molar-refractivity contribution in [3.63, 3.8) is 0 Å². The predicted molar refractivity (Wildman–Crippen MR) is 83.7 cm³/mol. The Morgan fingerprint density at radius 3 is 2.42 bits per heavy atom. The number of ether oxygens (including phenoxy) is 2. The van der Waals surface area contributed by atoms with E-state index in [0.717, 1.165) is 36.4 Å². The highest BCUT2D eigenvalue weighted by atomic mass is 32.2. The van der Waals surface area contributed by atoms with Crippen LogP contribution < -0.4 is 0 Å². The lowest BCUT2D eigenvalue weighted by atomic mass is 9.90. The minimum Gasteiger partial charge on any atom is -0.456 e. The van der Waals surface area contributed by atoms with Crippen molar-refractivity contribution in [3.8, 4) is 0 Å². The molecule has 1 saturated heterocycles. The fourth-order valence-corrected chi connectivity index (χ4v) is 4.48. The maximum atomic E-state index is 14.2. The number of carbonyl (C=O) groups excluding carboxylic acids is 2. The standard InChI is InChI=1S/C16H15F2NO6S/c1-9(20)24-13-14(21)16(2,12-10(17)5-3-6-11(12)18)25-15(13)19-7-4-8-26(19,22)23/h3,5-6H,4,7-8H2,1-2H3. The van der Waals surface area contributed by atoms with E-state index >= 15 is 0 Å². The number of esters is 1. The van der Waals surface area contributed by atoms with Gasteiger partial charge in [0.2, 0.25) is 21.4 Å². The number of carbonyl (C=O) groups is 2. The Hall–Kier alpha value is -2.49. The summed E-state index contributed by atoms with van der Waals surface area (Å²) in [5.41, 5.74) is -2.91. The molecule has 0 amide bonds. The van der Waals surface area contributed by atoms with Gasteiger partial charge in [-0.05, 0) is 25.5 Å². The van der Waals surface area contributed by atoms with Gasteiger partial charge in [0.1, 0.15) is 11.6 Å². The Balaban J connectivity index is 2.15. The number of sulfonamides is 1. The van der Waals surface area contributed by atoms with Gasteiger partial charge in [0.25, 0.3) is 11.7 Å². The van der Waals surface area contributed by atoms with Crippen molar-refractivity contribution in [2.24, 2.45) is 0 Å². The Labute approximate surface area is 148 Å². The zero-order chi connectivity index (χ0) is 19.3.